The van der Waals surface area contributed by atoms with Crippen LogP contribution in [-0.2, 0) is 0 Å². The molecule has 0 radical (unpaired) electrons. The summed E-state index contributed by atoms with van der Waals surface area (Å²) in [6.07, 6.45) is 3.42. The maximum Gasteiger partial charge on any atom is 0.326 e. The van der Waals surface area contributed by atoms with Gasteiger partial charge in [0.25, 0.3) is 0 Å². The molecule has 1 saturated carbocycles. The van der Waals surface area contributed by atoms with Crippen molar-refractivity contribution >= 4 is 23.7 Å². The van der Waals surface area contributed by atoms with E-state index in [9.17, 15) is 13.6 Å². The highest BCUT2D eigenvalue weighted by Gasteiger charge is 2.24. The predicted molar refractivity (Wildman–Crippen MR) is 72.8 cm³/mol. The van der Waals surface area contributed by atoms with Crippen LogP contribution in [0.25, 0.3) is 11.0 Å². The first-order valence-electron chi connectivity index (χ1n) is 6.33. The van der Waals surface area contributed by atoms with Crippen LogP contribution in [0.1, 0.15) is 31.7 Å². The number of hydrogen-bond acceptors (Lipinski definition) is 2. The maximum atomic E-state index is 13.6. The third-order valence-electron chi connectivity index (χ3n) is 3.78. The molecule has 3 rings (SSSR count). The molecule has 19 heavy (non-hydrogen) atoms. The summed E-state index contributed by atoms with van der Waals surface area (Å²) in [5, 5.41) is 0.352. The Balaban J connectivity index is 2.13. The number of aromatic amines is 1. The van der Waals surface area contributed by atoms with Crippen molar-refractivity contribution in [2.45, 2.75) is 37.0 Å². The minimum absolute atomic E-state index is 0.00847. The first kappa shape index (κ1) is 12.7. The lowest BCUT2D eigenvalue weighted by Crippen LogP contribution is -2.26. The van der Waals surface area contributed by atoms with Crippen molar-refractivity contribution in [1.82, 2.24) is 9.55 Å². The number of benzene rings is 1. The number of H-pyrrole nitrogens is 1. The molecule has 1 aliphatic rings. The normalized spacial score (nSPS) is 23.9. The Morgan fingerprint density at radius 3 is 2.58 bits per heavy atom. The first-order chi connectivity index (χ1) is 9.06. The fourth-order valence-electron chi connectivity index (χ4n) is 2.83. The summed E-state index contributed by atoms with van der Waals surface area (Å²) in [6, 6.07) is 1.99. The van der Waals surface area contributed by atoms with Crippen molar-refractivity contribution in [1.29, 1.82) is 0 Å². The molecule has 0 aliphatic heterocycles. The molecule has 0 atom stereocenters. The number of hydrogen-bond donors (Lipinski definition) is 2. The minimum atomic E-state index is -0.728. The van der Waals surface area contributed by atoms with Gasteiger partial charge < -0.3 is 4.98 Å². The van der Waals surface area contributed by atoms with Crippen LogP contribution in [0.2, 0.25) is 0 Å². The average molecular weight is 284 g/mol. The van der Waals surface area contributed by atoms with Gasteiger partial charge in [0, 0.05) is 23.4 Å². The van der Waals surface area contributed by atoms with Gasteiger partial charge in [-0.2, -0.15) is 12.6 Å². The standard InChI is InChI=1S/C13H14F2N2OS/c14-7-5-10(15)12-11(6-7)17(13(18)16-12)8-1-3-9(19)4-2-8/h5-6,8-9,19H,1-4H2,(H,16,18). The van der Waals surface area contributed by atoms with Crippen molar-refractivity contribution in [3.63, 3.8) is 0 Å². The van der Waals surface area contributed by atoms with Crippen LogP contribution in [0, 0.1) is 11.6 Å². The molecule has 1 aromatic heterocycles. The van der Waals surface area contributed by atoms with Gasteiger partial charge in [0.2, 0.25) is 0 Å². The SMILES string of the molecule is O=c1[nH]c2c(F)cc(F)cc2n1C1CCC(S)CC1. The van der Waals surface area contributed by atoms with Crippen LogP contribution in [0.5, 0.6) is 0 Å². The highest BCUT2D eigenvalue weighted by atomic mass is 32.1. The Bertz CT molecular complexity index is 671. The van der Waals surface area contributed by atoms with E-state index >= 15 is 0 Å². The molecule has 0 amide bonds. The van der Waals surface area contributed by atoms with Crippen molar-refractivity contribution in [2.75, 3.05) is 0 Å². The van der Waals surface area contributed by atoms with Crippen molar-refractivity contribution in [3.8, 4) is 0 Å². The lowest BCUT2D eigenvalue weighted by atomic mass is 9.94. The largest absolute Gasteiger partial charge is 0.326 e. The number of thiol groups is 1. The van der Waals surface area contributed by atoms with E-state index in [1.54, 1.807) is 0 Å². The summed E-state index contributed by atoms with van der Waals surface area (Å²) >= 11 is 4.42. The second-order valence-corrected chi connectivity index (χ2v) is 5.77. The van der Waals surface area contributed by atoms with E-state index in [2.05, 4.69) is 17.6 Å². The van der Waals surface area contributed by atoms with Crippen molar-refractivity contribution in [3.05, 3.63) is 34.3 Å². The maximum absolute atomic E-state index is 13.6. The molecule has 0 saturated heterocycles. The van der Waals surface area contributed by atoms with Gasteiger partial charge in [-0.25, -0.2) is 13.6 Å². The zero-order chi connectivity index (χ0) is 13.6. The fraction of sp³-hybridized carbons (Fsp3) is 0.462. The molecule has 1 aromatic carbocycles. The van der Waals surface area contributed by atoms with E-state index in [1.807, 2.05) is 0 Å². The monoisotopic (exact) mass is 284 g/mol. The number of fused-ring (bicyclic) bond motifs is 1. The zero-order valence-corrected chi connectivity index (χ0v) is 11.1. The number of rotatable bonds is 1. The van der Waals surface area contributed by atoms with Crippen LogP contribution in [-0.4, -0.2) is 14.8 Å². The second-order valence-electron chi connectivity index (χ2n) is 5.04. The summed E-state index contributed by atoms with van der Waals surface area (Å²) in [7, 11) is 0. The van der Waals surface area contributed by atoms with Crippen LogP contribution in [0.15, 0.2) is 16.9 Å². The summed E-state index contributed by atoms with van der Waals surface area (Å²) in [4.78, 5) is 14.5. The summed E-state index contributed by atoms with van der Waals surface area (Å²) in [6.45, 7) is 0. The highest BCUT2D eigenvalue weighted by molar-refractivity contribution is 7.80. The molecule has 102 valence electrons. The molecule has 2 aromatic rings. The van der Waals surface area contributed by atoms with E-state index in [-0.39, 0.29) is 17.2 Å². The smallest absolute Gasteiger partial charge is 0.303 e. The van der Waals surface area contributed by atoms with Crippen LogP contribution >= 0.6 is 12.6 Å². The molecular formula is C13H14F2N2OS. The zero-order valence-electron chi connectivity index (χ0n) is 10.2. The minimum Gasteiger partial charge on any atom is -0.303 e. The molecule has 0 unspecified atom stereocenters. The molecular weight excluding hydrogens is 270 g/mol. The highest BCUT2D eigenvalue weighted by Crippen LogP contribution is 2.32. The van der Waals surface area contributed by atoms with Crippen molar-refractivity contribution in [2.24, 2.45) is 0 Å². The molecule has 1 fully saturated rings. The molecule has 6 heteroatoms. The lowest BCUT2D eigenvalue weighted by Gasteiger charge is -2.26. The number of imidazole rings is 1. The van der Waals surface area contributed by atoms with Gasteiger partial charge in [0.15, 0.2) is 5.82 Å². The Morgan fingerprint density at radius 1 is 1.21 bits per heavy atom. The van der Waals surface area contributed by atoms with E-state index in [1.165, 1.54) is 10.6 Å². The van der Waals surface area contributed by atoms with E-state index in [0.29, 0.717) is 10.8 Å². The molecule has 0 spiro atoms. The Kier molecular flexibility index (Phi) is 3.12. The second kappa shape index (κ2) is 4.67. The van der Waals surface area contributed by atoms with Gasteiger partial charge in [0.05, 0.1) is 5.52 Å². The molecule has 1 aliphatic carbocycles. The molecule has 3 nitrogen and oxygen atoms in total. The number of halogens is 2. The van der Waals surface area contributed by atoms with Gasteiger partial charge in [-0.1, -0.05) is 0 Å². The molecule has 1 heterocycles. The summed E-state index contributed by atoms with van der Waals surface area (Å²) < 4.78 is 28.5. The topological polar surface area (TPSA) is 37.8 Å². The van der Waals surface area contributed by atoms with E-state index in [4.69, 9.17) is 0 Å². The molecule has 0 bridgehead atoms. The third-order valence-corrected chi connectivity index (χ3v) is 4.29. The van der Waals surface area contributed by atoms with Gasteiger partial charge >= 0.3 is 5.69 Å². The Hall–Kier alpha value is -1.30. The van der Waals surface area contributed by atoms with Crippen LogP contribution in [0.3, 0.4) is 0 Å². The summed E-state index contributed by atoms with van der Waals surface area (Å²) in [5.74, 6) is -1.39. The van der Waals surface area contributed by atoms with Crippen molar-refractivity contribution < 1.29 is 8.78 Å². The van der Waals surface area contributed by atoms with Gasteiger partial charge in [-0.15, -0.1) is 0 Å². The summed E-state index contributed by atoms with van der Waals surface area (Å²) in [5.41, 5.74) is 0.0200. The quantitative estimate of drug-likeness (QED) is 0.776. The van der Waals surface area contributed by atoms with E-state index in [0.717, 1.165) is 31.7 Å². The molecule has 1 N–H and O–H groups in total. The predicted octanol–water partition coefficient (Wildman–Crippen LogP) is 3.02. The average Bonchev–Trinajstić information content (AvgIpc) is 2.67. The third kappa shape index (κ3) is 2.18. The fourth-order valence-corrected chi connectivity index (χ4v) is 3.13. The Labute approximate surface area is 114 Å². The van der Waals surface area contributed by atoms with Crippen LogP contribution < -0.4 is 5.69 Å². The van der Waals surface area contributed by atoms with Gasteiger partial charge in [0.1, 0.15) is 11.3 Å². The van der Waals surface area contributed by atoms with Gasteiger partial charge in [-0.05, 0) is 25.7 Å². The van der Waals surface area contributed by atoms with E-state index < -0.39 is 11.6 Å². The Morgan fingerprint density at radius 2 is 1.89 bits per heavy atom. The lowest BCUT2D eigenvalue weighted by molar-refractivity contribution is 0.360. The number of aromatic nitrogens is 2. The van der Waals surface area contributed by atoms with Crippen LogP contribution in [0.4, 0.5) is 8.78 Å². The van der Waals surface area contributed by atoms with Gasteiger partial charge in [-0.3, -0.25) is 4.57 Å². The first-order valence-corrected chi connectivity index (χ1v) is 6.85. The number of nitrogens with zero attached hydrogens (tertiary/aromatic N) is 1. The number of nitrogens with one attached hydrogen (secondary N) is 1.